The third-order valence-electron chi connectivity index (χ3n) is 3.28. The fraction of sp³-hybridized carbons (Fsp3) is 0.375. The molecule has 2 nitrogen and oxygen atoms in total. The van der Waals surface area contributed by atoms with E-state index >= 15 is 0 Å². The Morgan fingerprint density at radius 3 is 2.42 bits per heavy atom. The number of nitrogens with one attached hydrogen (secondary N) is 1. The molecule has 19 heavy (non-hydrogen) atoms. The molecule has 102 valence electrons. The molecule has 0 aliphatic rings. The predicted octanol–water partition coefficient (Wildman–Crippen LogP) is 3.52. The highest BCUT2D eigenvalue weighted by atomic mass is 32.1. The summed E-state index contributed by atoms with van der Waals surface area (Å²) < 4.78 is 0. The maximum absolute atomic E-state index is 10.3. The van der Waals surface area contributed by atoms with Gasteiger partial charge in [-0.05, 0) is 31.0 Å². The van der Waals surface area contributed by atoms with Crippen LogP contribution < -0.4 is 5.32 Å². The largest absolute Gasteiger partial charge is 0.387 e. The highest BCUT2D eigenvalue weighted by molar-refractivity contribution is 7.11. The fourth-order valence-electron chi connectivity index (χ4n) is 2.02. The molecule has 0 spiro atoms. The van der Waals surface area contributed by atoms with Crippen molar-refractivity contribution in [3.8, 4) is 0 Å². The van der Waals surface area contributed by atoms with Crippen molar-refractivity contribution < 1.29 is 5.11 Å². The van der Waals surface area contributed by atoms with Crippen molar-refractivity contribution >= 4 is 11.3 Å². The Bertz CT molecular complexity index is 494. The molecule has 0 aliphatic heterocycles. The van der Waals surface area contributed by atoms with E-state index in [-0.39, 0.29) is 6.04 Å². The second kappa shape index (κ2) is 6.85. The number of aryl methyl sites for hydroxylation is 1. The van der Waals surface area contributed by atoms with Crippen LogP contribution in [-0.4, -0.2) is 11.1 Å². The van der Waals surface area contributed by atoms with Gasteiger partial charge in [-0.2, -0.15) is 0 Å². The van der Waals surface area contributed by atoms with Crippen LogP contribution in [0.5, 0.6) is 0 Å². The molecule has 0 aliphatic carbocycles. The monoisotopic (exact) mass is 275 g/mol. The summed E-state index contributed by atoms with van der Waals surface area (Å²) in [5.41, 5.74) is 0.961. The molecule has 3 heteroatoms. The molecular weight excluding hydrogens is 254 g/mol. The topological polar surface area (TPSA) is 32.3 Å². The van der Waals surface area contributed by atoms with E-state index in [0.29, 0.717) is 0 Å². The van der Waals surface area contributed by atoms with Crippen LogP contribution in [0.3, 0.4) is 0 Å². The highest BCUT2D eigenvalue weighted by Gasteiger charge is 2.15. The highest BCUT2D eigenvalue weighted by Crippen LogP contribution is 2.19. The summed E-state index contributed by atoms with van der Waals surface area (Å²) in [4.78, 5) is 2.73. The lowest BCUT2D eigenvalue weighted by Crippen LogP contribution is -2.31. The minimum absolute atomic E-state index is 0.0366. The zero-order valence-corrected chi connectivity index (χ0v) is 12.3. The molecule has 2 atom stereocenters. The van der Waals surface area contributed by atoms with E-state index in [9.17, 15) is 5.11 Å². The average molecular weight is 275 g/mol. The van der Waals surface area contributed by atoms with Crippen molar-refractivity contribution in [1.82, 2.24) is 5.32 Å². The van der Waals surface area contributed by atoms with E-state index in [0.717, 1.165) is 18.5 Å². The standard InChI is InChI=1S/C16H21NOS/c1-3-14-9-10-15(19-14)11-17-12(2)16(18)13-7-5-4-6-8-13/h4-10,12,16-18H,3,11H2,1-2H3/t12-,16-/m0/s1. The predicted molar refractivity (Wildman–Crippen MR) is 81.4 cm³/mol. The Morgan fingerprint density at radius 1 is 1.11 bits per heavy atom. The molecule has 0 saturated carbocycles. The Balaban J connectivity index is 1.88. The summed E-state index contributed by atoms with van der Waals surface area (Å²) >= 11 is 1.84. The first-order valence-corrected chi connectivity index (χ1v) is 7.56. The molecule has 1 aromatic heterocycles. The SMILES string of the molecule is CCc1ccc(CN[C@@H](C)[C@H](O)c2ccccc2)s1. The second-order valence-electron chi connectivity index (χ2n) is 4.75. The number of hydrogen-bond acceptors (Lipinski definition) is 3. The minimum atomic E-state index is -0.466. The van der Waals surface area contributed by atoms with Crippen LogP contribution in [0.2, 0.25) is 0 Å². The first-order valence-electron chi connectivity index (χ1n) is 6.74. The molecule has 1 heterocycles. The number of aliphatic hydroxyl groups is 1. The first kappa shape index (κ1) is 14.3. The lowest BCUT2D eigenvalue weighted by molar-refractivity contribution is 0.135. The van der Waals surface area contributed by atoms with Crippen molar-refractivity contribution in [3.05, 3.63) is 57.8 Å². The van der Waals surface area contributed by atoms with Crippen molar-refractivity contribution in [3.63, 3.8) is 0 Å². The van der Waals surface area contributed by atoms with Crippen LogP contribution in [0.15, 0.2) is 42.5 Å². The van der Waals surface area contributed by atoms with Crippen LogP contribution in [0, 0.1) is 0 Å². The van der Waals surface area contributed by atoms with Gasteiger partial charge in [0.05, 0.1) is 6.10 Å². The number of thiophene rings is 1. The van der Waals surface area contributed by atoms with Crippen LogP contribution in [0.25, 0.3) is 0 Å². The third kappa shape index (κ3) is 3.90. The van der Waals surface area contributed by atoms with Crippen LogP contribution in [0.1, 0.15) is 35.3 Å². The maximum atomic E-state index is 10.3. The van der Waals surface area contributed by atoms with Gasteiger partial charge in [-0.25, -0.2) is 0 Å². The third-order valence-corrected chi connectivity index (χ3v) is 4.51. The van der Waals surface area contributed by atoms with Gasteiger partial charge < -0.3 is 10.4 Å². The van der Waals surface area contributed by atoms with Crippen LogP contribution >= 0.6 is 11.3 Å². The van der Waals surface area contributed by atoms with Crippen molar-refractivity contribution in [2.75, 3.05) is 0 Å². The number of benzene rings is 1. The molecule has 2 rings (SSSR count). The summed E-state index contributed by atoms with van der Waals surface area (Å²) in [6.07, 6.45) is 0.624. The molecule has 2 N–H and O–H groups in total. The van der Waals surface area contributed by atoms with Crippen LogP contribution in [-0.2, 0) is 13.0 Å². The second-order valence-corrected chi connectivity index (χ2v) is 6.00. The summed E-state index contributed by atoms with van der Waals surface area (Å²) in [7, 11) is 0. The fourth-order valence-corrected chi connectivity index (χ4v) is 2.93. The van der Waals surface area contributed by atoms with Gasteiger partial charge in [0.15, 0.2) is 0 Å². The molecule has 1 aromatic carbocycles. The van der Waals surface area contributed by atoms with Gasteiger partial charge in [0.2, 0.25) is 0 Å². The van der Waals surface area contributed by atoms with E-state index in [4.69, 9.17) is 0 Å². The van der Waals surface area contributed by atoms with Gasteiger partial charge in [0, 0.05) is 22.3 Å². The smallest absolute Gasteiger partial charge is 0.0940 e. The zero-order valence-electron chi connectivity index (χ0n) is 11.5. The Morgan fingerprint density at radius 2 is 1.79 bits per heavy atom. The summed E-state index contributed by atoms with van der Waals surface area (Å²) in [5.74, 6) is 0. The molecular formula is C16H21NOS. The van der Waals surface area contributed by atoms with E-state index in [1.165, 1.54) is 9.75 Å². The van der Waals surface area contributed by atoms with Crippen molar-refractivity contribution in [2.45, 2.75) is 39.0 Å². The van der Waals surface area contributed by atoms with E-state index in [2.05, 4.69) is 24.4 Å². The van der Waals surface area contributed by atoms with Crippen molar-refractivity contribution in [1.29, 1.82) is 0 Å². The van der Waals surface area contributed by atoms with Gasteiger partial charge >= 0.3 is 0 Å². The lowest BCUT2D eigenvalue weighted by atomic mass is 10.0. The van der Waals surface area contributed by atoms with Crippen molar-refractivity contribution in [2.24, 2.45) is 0 Å². The molecule has 0 amide bonds. The summed E-state index contributed by atoms with van der Waals surface area (Å²) in [6.45, 7) is 5.01. The quantitative estimate of drug-likeness (QED) is 0.845. The Kier molecular flexibility index (Phi) is 5.14. The number of hydrogen-bond donors (Lipinski definition) is 2. The normalized spacial score (nSPS) is 14.3. The lowest BCUT2D eigenvalue weighted by Gasteiger charge is -2.20. The minimum Gasteiger partial charge on any atom is -0.387 e. The molecule has 0 radical (unpaired) electrons. The van der Waals surface area contributed by atoms with Gasteiger partial charge in [-0.15, -0.1) is 11.3 Å². The number of rotatable bonds is 6. The van der Waals surface area contributed by atoms with E-state index < -0.39 is 6.10 Å². The molecule has 0 fully saturated rings. The summed E-state index contributed by atoms with van der Waals surface area (Å²) in [5, 5.41) is 13.7. The van der Waals surface area contributed by atoms with E-state index in [1.54, 1.807) is 0 Å². The van der Waals surface area contributed by atoms with Gasteiger partial charge in [-0.1, -0.05) is 37.3 Å². The van der Waals surface area contributed by atoms with Gasteiger partial charge in [0.1, 0.15) is 0 Å². The number of aliphatic hydroxyl groups excluding tert-OH is 1. The molecule has 0 unspecified atom stereocenters. The Labute approximate surface area is 119 Å². The van der Waals surface area contributed by atoms with Gasteiger partial charge in [-0.3, -0.25) is 0 Å². The molecule has 0 bridgehead atoms. The van der Waals surface area contributed by atoms with Crippen LogP contribution in [0.4, 0.5) is 0 Å². The van der Waals surface area contributed by atoms with Gasteiger partial charge in [0.25, 0.3) is 0 Å². The summed E-state index contributed by atoms with van der Waals surface area (Å²) in [6, 6.07) is 14.2. The van der Waals surface area contributed by atoms with E-state index in [1.807, 2.05) is 48.6 Å². The maximum Gasteiger partial charge on any atom is 0.0940 e. The Hall–Kier alpha value is -1.16. The first-order chi connectivity index (χ1) is 9.20. The molecule has 2 aromatic rings. The average Bonchev–Trinajstić information content (AvgIpc) is 2.93. The zero-order chi connectivity index (χ0) is 13.7. The molecule has 0 saturated heterocycles.